The first-order chi connectivity index (χ1) is 11.5. The fourth-order valence-corrected chi connectivity index (χ4v) is 6.24. The van der Waals surface area contributed by atoms with Crippen molar-refractivity contribution in [1.29, 1.82) is 0 Å². The number of hydrogen-bond acceptors (Lipinski definition) is 6. The number of amides is 1. The number of ether oxygens (including phenoxy) is 1. The minimum Gasteiger partial charge on any atom is -0.383 e. The summed E-state index contributed by atoms with van der Waals surface area (Å²) in [6.07, 6.45) is 3.36. The normalized spacial score (nSPS) is 31.1. The first kappa shape index (κ1) is 18.1. The molecular formula is C16H29N3O4S. The Kier molecular flexibility index (Phi) is 5.79. The second-order valence-electron chi connectivity index (χ2n) is 7.15. The molecule has 7 nitrogen and oxygen atoms in total. The minimum absolute atomic E-state index is 0.00643. The lowest BCUT2D eigenvalue weighted by molar-refractivity contribution is -0.134. The molecule has 2 atom stereocenters. The molecule has 0 radical (unpaired) electrons. The van der Waals surface area contributed by atoms with Crippen molar-refractivity contribution in [3.05, 3.63) is 0 Å². The van der Waals surface area contributed by atoms with Crippen LogP contribution in [0.2, 0.25) is 0 Å². The number of nitrogens with zero attached hydrogens (tertiary/aromatic N) is 3. The highest BCUT2D eigenvalue weighted by Gasteiger charge is 2.46. The Morgan fingerprint density at radius 3 is 2.29 bits per heavy atom. The van der Waals surface area contributed by atoms with Crippen LogP contribution in [0, 0.1) is 0 Å². The number of sulfone groups is 1. The predicted octanol–water partition coefficient (Wildman–Crippen LogP) is -0.571. The van der Waals surface area contributed by atoms with Crippen molar-refractivity contribution in [2.45, 2.75) is 31.3 Å². The van der Waals surface area contributed by atoms with Gasteiger partial charge >= 0.3 is 0 Å². The van der Waals surface area contributed by atoms with Gasteiger partial charge in [-0.25, -0.2) is 8.42 Å². The van der Waals surface area contributed by atoms with E-state index >= 15 is 0 Å². The SMILES string of the molecule is COCCN1CCN(CC(=O)N2CCCCC2)[C@@H]2CS(=O)(=O)C[C@@H]21. The van der Waals surface area contributed by atoms with Crippen LogP contribution in [-0.2, 0) is 19.4 Å². The minimum atomic E-state index is -3.03. The zero-order chi connectivity index (χ0) is 17.2. The van der Waals surface area contributed by atoms with Gasteiger partial charge < -0.3 is 9.64 Å². The number of hydrogen-bond donors (Lipinski definition) is 0. The smallest absolute Gasteiger partial charge is 0.236 e. The number of methoxy groups -OCH3 is 1. The average Bonchev–Trinajstić information content (AvgIpc) is 2.90. The van der Waals surface area contributed by atoms with Crippen LogP contribution in [0.5, 0.6) is 0 Å². The largest absolute Gasteiger partial charge is 0.383 e. The third-order valence-electron chi connectivity index (χ3n) is 5.54. The molecule has 0 aromatic heterocycles. The van der Waals surface area contributed by atoms with E-state index < -0.39 is 9.84 Å². The molecule has 0 aromatic carbocycles. The highest BCUT2D eigenvalue weighted by atomic mass is 32.2. The maximum absolute atomic E-state index is 12.6. The molecule has 0 spiro atoms. The molecule has 0 aromatic rings. The second kappa shape index (κ2) is 7.68. The van der Waals surface area contributed by atoms with Crippen LogP contribution in [0.25, 0.3) is 0 Å². The van der Waals surface area contributed by atoms with Gasteiger partial charge in [0.2, 0.25) is 5.91 Å². The monoisotopic (exact) mass is 359 g/mol. The molecule has 0 bridgehead atoms. The van der Waals surface area contributed by atoms with Crippen LogP contribution in [0.15, 0.2) is 0 Å². The second-order valence-corrected chi connectivity index (χ2v) is 9.31. The van der Waals surface area contributed by atoms with Gasteiger partial charge in [0.25, 0.3) is 0 Å². The van der Waals surface area contributed by atoms with Crippen LogP contribution < -0.4 is 0 Å². The van der Waals surface area contributed by atoms with Crippen LogP contribution in [0.4, 0.5) is 0 Å². The highest BCUT2D eigenvalue weighted by Crippen LogP contribution is 2.27. The van der Waals surface area contributed by atoms with E-state index in [4.69, 9.17) is 4.74 Å². The lowest BCUT2D eigenvalue weighted by atomic mass is 10.0. The Morgan fingerprint density at radius 1 is 1.00 bits per heavy atom. The van der Waals surface area contributed by atoms with E-state index in [9.17, 15) is 13.2 Å². The molecule has 3 fully saturated rings. The summed E-state index contributed by atoms with van der Waals surface area (Å²) in [5, 5.41) is 0. The van der Waals surface area contributed by atoms with Crippen LogP contribution in [-0.4, -0.2) is 106 Å². The van der Waals surface area contributed by atoms with E-state index in [1.807, 2.05) is 4.90 Å². The van der Waals surface area contributed by atoms with Crippen molar-refractivity contribution in [3.8, 4) is 0 Å². The molecule has 0 N–H and O–H groups in total. The van der Waals surface area contributed by atoms with Crippen molar-refractivity contribution in [2.24, 2.45) is 0 Å². The third kappa shape index (κ3) is 4.09. The molecule has 3 heterocycles. The number of piperazine rings is 1. The van der Waals surface area contributed by atoms with Crippen LogP contribution >= 0.6 is 0 Å². The molecule has 0 unspecified atom stereocenters. The summed E-state index contributed by atoms with van der Waals surface area (Å²) in [4.78, 5) is 18.8. The van der Waals surface area contributed by atoms with Gasteiger partial charge in [-0.3, -0.25) is 14.6 Å². The van der Waals surface area contributed by atoms with E-state index in [0.29, 0.717) is 13.2 Å². The molecule has 138 valence electrons. The standard InChI is InChI=1S/C16H29N3O4S/c1-23-10-9-17-7-8-19(15-13-24(21,22)12-14(15)17)11-16(20)18-5-3-2-4-6-18/h14-15H,2-13H2,1H3/t14-,15+/m0/s1. The lowest BCUT2D eigenvalue weighted by Crippen LogP contribution is -2.61. The van der Waals surface area contributed by atoms with E-state index in [0.717, 1.165) is 45.6 Å². The number of piperidine rings is 1. The molecule has 3 rings (SSSR count). The lowest BCUT2D eigenvalue weighted by Gasteiger charge is -2.44. The van der Waals surface area contributed by atoms with Gasteiger partial charge in [0, 0.05) is 51.9 Å². The van der Waals surface area contributed by atoms with Gasteiger partial charge in [-0.15, -0.1) is 0 Å². The van der Waals surface area contributed by atoms with Gasteiger partial charge in [0.15, 0.2) is 9.84 Å². The molecule has 1 amide bonds. The maximum atomic E-state index is 12.6. The van der Waals surface area contributed by atoms with Gasteiger partial charge in [0.05, 0.1) is 24.7 Å². The number of fused-ring (bicyclic) bond motifs is 1. The van der Waals surface area contributed by atoms with Crippen molar-refractivity contribution in [2.75, 3.05) is 64.5 Å². The quantitative estimate of drug-likeness (QED) is 0.655. The summed E-state index contributed by atoms with van der Waals surface area (Å²) in [7, 11) is -1.37. The van der Waals surface area contributed by atoms with Crippen LogP contribution in [0.1, 0.15) is 19.3 Å². The summed E-state index contributed by atoms with van der Waals surface area (Å²) < 4.78 is 29.5. The Hall–Kier alpha value is -0.700. The zero-order valence-electron chi connectivity index (χ0n) is 14.5. The molecule has 3 saturated heterocycles. The molecule has 3 aliphatic rings. The maximum Gasteiger partial charge on any atom is 0.236 e. The summed E-state index contributed by atoms with van der Waals surface area (Å²) in [6, 6.07) is -0.0672. The van der Waals surface area contributed by atoms with Gasteiger partial charge in [-0.2, -0.15) is 0 Å². The summed E-state index contributed by atoms with van der Waals surface area (Å²) in [5.41, 5.74) is 0. The summed E-state index contributed by atoms with van der Waals surface area (Å²) in [5.74, 6) is 0.535. The average molecular weight is 359 g/mol. The van der Waals surface area contributed by atoms with E-state index in [1.54, 1.807) is 7.11 Å². The Balaban J connectivity index is 1.65. The van der Waals surface area contributed by atoms with E-state index in [-0.39, 0.29) is 29.5 Å². The number of likely N-dealkylation sites (tertiary alicyclic amines) is 1. The van der Waals surface area contributed by atoms with Crippen molar-refractivity contribution >= 4 is 15.7 Å². The molecule has 0 aliphatic carbocycles. The van der Waals surface area contributed by atoms with Gasteiger partial charge in [-0.05, 0) is 19.3 Å². The first-order valence-corrected chi connectivity index (χ1v) is 10.8. The van der Waals surface area contributed by atoms with Crippen molar-refractivity contribution < 1.29 is 17.9 Å². The molecule has 24 heavy (non-hydrogen) atoms. The Morgan fingerprint density at radius 2 is 1.62 bits per heavy atom. The van der Waals surface area contributed by atoms with E-state index in [1.165, 1.54) is 6.42 Å². The zero-order valence-corrected chi connectivity index (χ0v) is 15.3. The Labute approximate surface area is 144 Å². The number of rotatable bonds is 5. The summed E-state index contributed by atoms with van der Waals surface area (Å²) >= 11 is 0. The molecular weight excluding hydrogens is 330 g/mol. The predicted molar refractivity (Wildman–Crippen MR) is 91.7 cm³/mol. The third-order valence-corrected chi connectivity index (χ3v) is 7.23. The van der Waals surface area contributed by atoms with Gasteiger partial charge in [0.1, 0.15) is 0 Å². The topological polar surface area (TPSA) is 70.2 Å². The fraction of sp³-hybridized carbons (Fsp3) is 0.938. The molecule has 0 saturated carbocycles. The van der Waals surface area contributed by atoms with Crippen molar-refractivity contribution in [3.63, 3.8) is 0 Å². The molecule has 8 heteroatoms. The highest BCUT2D eigenvalue weighted by molar-refractivity contribution is 7.91. The molecule has 3 aliphatic heterocycles. The van der Waals surface area contributed by atoms with Crippen LogP contribution in [0.3, 0.4) is 0 Å². The fourth-order valence-electron chi connectivity index (χ4n) is 4.20. The van der Waals surface area contributed by atoms with Crippen molar-refractivity contribution in [1.82, 2.24) is 14.7 Å². The Bertz CT molecular complexity index is 548. The summed E-state index contributed by atoms with van der Waals surface area (Å²) in [6.45, 7) is 4.96. The number of carbonyl (C=O) groups excluding carboxylic acids is 1. The van der Waals surface area contributed by atoms with Gasteiger partial charge in [-0.1, -0.05) is 0 Å². The van der Waals surface area contributed by atoms with E-state index in [2.05, 4.69) is 9.80 Å². The number of carbonyl (C=O) groups is 1. The first-order valence-electron chi connectivity index (χ1n) is 8.95.